The molecule has 1 atom stereocenters. The third-order valence-corrected chi connectivity index (χ3v) is 7.75. The van der Waals surface area contributed by atoms with Crippen molar-refractivity contribution >= 4 is 33.2 Å². The summed E-state index contributed by atoms with van der Waals surface area (Å²) in [6.07, 6.45) is 1.75. The molecule has 0 spiro atoms. The fraction of sp³-hybridized carbons (Fsp3) is 0.259. The summed E-state index contributed by atoms with van der Waals surface area (Å²) in [5, 5.41) is 5.42. The van der Waals surface area contributed by atoms with E-state index in [9.17, 15) is 22.4 Å². The smallest absolute Gasteiger partial charge is 0.264 e. The Morgan fingerprint density at radius 3 is 2.43 bits per heavy atom. The van der Waals surface area contributed by atoms with E-state index in [2.05, 4.69) is 10.6 Å². The van der Waals surface area contributed by atoms with Gasteiger partial charge in [-0.05, 0) is 56.2 Å². The summed E-state index contributed by atoms with van der Waals surface area (Å²) in [7, 11) is -4.29. The third kappa shape index (κ3) is 6.33. The van der Waals surface area contributed by atoms with Gasteiger partial charge in [0.2, 0.25) is 5.91 Å². The number of carbonyl (C=O) groups is 2. The summed E-state index contributed by atoms with van der Waals surface area (Å²) in [4.78, 5) is 25.8. The Hall–Kier alpha value is -3.76. The summed E-state index contributed by atoms with van der Waals surface area (Å²) in [5.41, 5.74) is 1.01. The van der Waals surface area contributed by atoms with Crippen LogP contribution >= 0.6 is 0 Å². The van der Waals surface area contributed by atoms with Crippen molar-refractivity contribution < 1.29 is 27.1 Å². The summed E-state index contributed by atoms with van der Waals surface area (Å²) in [5.74, 6) is -1.93. The van der Waals surface area contributed by atoms with Crippen LogP contribution in [-0.4, -0.2) is 46.0 Å². The number of benzene rings is 3. The standard InChI is InChI=1S/C27H28FN3O5S/c1-19-12-14-21(15-13-19)37(34,35)31(25-11-5-3-9-23(25)28)18-26(32)30-24-10-4-2-8-22(24)27(33)29-17-20-7-6-16-36-20/h2-5,8-15,20H,6-7,16-18H2,1H3,(H,29,33)(H,30,32)/t20-/m0/s1. The van der Waals surface area contributed by atoms with Crippen LogP contribution in [0.15, 0.2) is 77.7 Å². The lowest BCUT2D eigenvalue weighted by atomic mass is 10.1. The van der Waals surface area contributed by atoms with Crippen LogP contribution in [0.1, 0.15) is 28.8 Å². The molecule has 0 saturated carbocycles. The highest BCUT2D eigenvalue weighted by atomic mass is 32.2. The summed E-state index contributed by atoms with van der Waals surface area (Å²) in [6.45, 7) is 2.12. The number of hydrogen-bond acceptors (Lipinski definition) is 5. The van der Waals surface area contributed by atoms with Crippen LogP contribution in [0.5, 0.6) is 0 Å². The number of nitrogens with one attached hydrogen (secondary N) is 2. The largest absolute Gasteiger partial charge is 0.376 e. The molecule has 1 heterocycles. The minimum atomic E-state index is -4.29. The summed E-state index contributed by atoms with van der Waals surface area (Å²) < 4.78 is 47.9. The molecule has 0 unspecified atom stereocenters. The van der Waals surface area contributed by atoms with Crippen LogP contribution in [-0.2, 0) is 19.6 Å². The van der Waals surface area contributed by atoms with Crippen molar-refractivity contribution in [2.45, 2.75) is 30.8 Å². The first kappa shape index (κ1) is 26.3. The van der Waals surface area contributed by atoms with Crippen LogP contribution in [0.2, 0.25) is 0 Å². The van der Waals surface area contributed by atoms with E-state index >= 15 is 0 Å². The normalized spacial score (nSPS) is 15.2. The van der Waals surface area contributed by atoms with Crippen molar-refractivity contribution in [1.82, 2.24) is 5.32 Å². The number of rotatable bonds is 9. The minimum Gasteiger partial charge on any atom is -0.376 e. The van der Waals surface area contributed by atoms with Crippen molar-refractivity contribution in [3.8, 4) is 0 Å². The Morgan fingerprint density at radius 2 is 1.73 bits per heavy atom. The fourth-order valence-electron chi connectivity index (χ4n) is 4.01. The zero-order valence-corrected chi connectivity index (χ0v) is 21.1. The van der Waals surface area contributed by atoms with Crippen molar-refractivity contribution in [3.63, 3.8) is 0 Å². The predicted octanol–water partition coefficient (Wildman–Crippen LogP) is 3.88. The second-order valence-corrected chi connectivity index (χ2v) is 10.6. The van der Waals surface area contributed by atoms with Gasteiger partial charge in [-0.2, -0.15) is 0 Å². The average Bonchev–Trinajstić information content (AvgIpc) is 3.41. The van der Waals surface area contributed by atoms with Gasteiger partial charge in [0.1, 0.15) is 12.4 Å². The molecule has 2 N–H and O–H groups in total. The molecule has 8 nitrogen and oxygen atoms in total. The predicted molar refractivity (Wildman–Crippen MR) is 138 cm³/mol. The number of ether oxygens (including phenoxy) is 1. The van der Waals surface area contributed by atoms with Crippen molar-refractivity contribution in [2.24, 2.45) is 0 Å². The van der Waals surface area contributed by atoms with Crippen LogP contribution < -0.4 is 14.9 Å². The molecular formula is C27H28FN3O5S. The van der Waals surface area contributed by atoms with E-state index in [1.807, 2.05) is 6.92 Å². The summed E-state index contributed by atoms with van der Waals surface area (Å²) >= 11 is 0. The third-order valence-electron chi connectivity index (χ3n) is 5.98. The first-order valence-electron chi connectivity index (χ1n) is 11.9. The second kappa shape index (κ2) is 11.5. The molecule has 1 saturated heterocycles. The first-order valence-corrected chi connectivity index (χ1v) is 13.3. The number of hydrogen-bond donors (Lipinski definition) is 2. The number of nitrogens with zero attached hydrogens (tertiary/aromatic N) is 1. The Labute approximate surface area is 215 Å². The Balaban J connectivity index is 1.56. The van der Waals surface area contributed by atoms with Crippen LogP contribution in [0.25, 0.3) is 0 Å². The summed E-state index contributed by atoms with van der Waals surface area (Å²) in [6, 6.07) is 17.8. The van der Waals surface area contributed by atoms with E-state index in [1.165, 1.54) is 30.3 Å². The van der Waals surface area contributed by atoms with Gasteiger partial charge in [-0.25, -0.2) is 12.8 Å². The highest BCUT2D eigenvalue weighted by Gasteiger charge is 2.29. The fourth-order valence-corrected chi connectivity index (χ4v) is 5.44. The van der Waals surface area contributed by atoms with E-state index in [-0.39, 0.29) is 27.9 Å². The topological polar surface area (TPSA) is 105 Å². The molecule has 1 fully saturated rings. The molecule has 1 aliphatic heterocycles. The highest BCUT2D eigenvalue weighted by Crippen LogP contribution is 2.27. The molecular weight excluding hydrogens is 497 g/mol. The number of amides is 2. The van der Waals surface area contributed by atoms with E-state index < -0.39 is 34.2 Å². The van der Waals surface area contributed by atoms with Crippen LogP contribution in [0, 0.1) is 12.7 Å². The first-order chi connectivity index (χ1) is 17.8. The number of halogens is 1. The number of aryl methyl sites for hydroxylation is 1. The van der Waals surface area contributed by atoms with Gasteiger partial charge in [0.15, 0.2) is 0 Å². The van der Waals surface area contributed by atoms with Gasteiger partial charge >= 0.3 is 0 Å². The molecule has 1 aliphatic rings. The van der Waals surface area contributed by atoms with Crippen LogP contribution in [0.4, 0.5) is 15.8 Å². The zero-order chi connectivity index (χ0) is 26.4. The van der Waals surface area contributed by atoms with Crippen molar-refractivity contribution in [3.05, 3.63) is 89.7 Å². The maximum atomic E-state index is 14.7. The second-order valence-electron chi connectivity index (χ2n) is 8.71. The molecule has 10 heteroatoms. The molecule has 3 aromatic carbocycles. The Morgan fingerprint density at radius 1 is 1.03 bits per heavy atom. The van der Waals surface area contributed by atoms with Gasteiger partial charge < -0.3 is 15.4 Å². The van der Waals surface area contributed by atoms with Gasteiger partial charge in [-0.15, -0.1) is 0 Å². The van der Waals surface area contributed by atoms with Gasteiger partial charge in [-0.3, -0.25) is 13.9 Å². The minimum absolute atomic E-state index is 0.0491. The quantitative estimate of drug-likeness (QED) is 0.441. The number of sulfonamides is 1. The molecule has 0 bridgehead atoms. The molecule has 2 amide bonds. The van der Waals surface area contributed by atoms with Crippen molar-refractivity contribution in [2.75, 3.05) is 29.3 Å². The molecule has 194 valence electrons. The maximum Gasteiger partial charge on any atom is 0.264 e. The van der Waals surface area contributed by atoms with E-state index in [4.69, 9.17) is 4.74 Å². The van der Waals surface area contributed by atoms with E-state index in [0.29, 0.717) is 13.2 Å². The molecule has 0 aliphatic carbocycles. The van der Waals surface area contributed by atoms with E-state index in [1.54, 1.807) is 36.4 Å². The number of para-hydroxylation sites is 2. The van der Waals surface area contributed by atoms with E-state index in [0.717, 1.165) is 28.8 Å². The van der Waals surface area contributed by atoms with Gasteiger partial charge in [0.05, 0.1) is 27.9 Å². The number of carbonyl (C=O) groups excluding carboxylic acids is 2. The van der Waals surface area contributed by atoms with Gasteiger partial charge in [-0.1, -0.05) is 42.0 Å². The molecule has 3 aromatic rings. The molecule has 0 aromatic heterocycles. The lowest BCUT2D eigenvalue weighted by Gasteiger charge is -2.24. The Bertz CT molecular complexity index is 1370. The molecule has 4 rings (SSSR count). The number of anilines is 2. The zero-order valence-electron chi connectivity index (χ0n) is 20.3. The lowest BCUT2D eigenvalue weighted by molar-refractivity contribution is -0.114. The molecule has 0 radical (unpaired) electrons. The van der Waals surface area contributed by atoms with Crippen molar-refractivity contribution in [1.29, 1.82) is 0 Å². The monoisotopic (exact) mass is 525 g/mol. The average molecular weight is 526 g/mol. The Kier molecular flexibility index (Phi) is 8.20. The highest BCUT2D eigenvalue weighted by molar-refractivity contribution is 7.92. The maximum absolute atomic E-state index is 14.7. The van der Waals surface area contributed by atoms with Gasteiger partial charge in [0.25, 0.3) is 15.9 Å². The molecule has 37 heavy (non-hydrogen) atoms. The lowest BCUT2D eigenvalue weighted by Crippen LogP contribution is -2.39. The van der Waals surface area contributed by atoms with Gasteiger partial charge in [0, 0.05) is 13.2 Å². The van der Waals surface area contributed by atoms with Crippen LogP contribution in [0.3, 0.4) is 0 Å². The SMILES string of the molecule is Cc1ccc(S(=O)(=O)N(CC(=O)Nc2ccccc2C(=O)NC[C@@H]2CCCO2)c2ccccc2F)cc1.